The molecule has 0 amide bonds. The molecule has 3 heterocycles. The van der Waals surface area contributed by atoms with Crippen LogP contribution in [0.5, 0.6) is 5.75 Å². The van der Waals surface area contributed by atoms with Crippen LogP contribution < -0.4 is 4.74 Å². The van der Waals surface area contributed by atoms with Crippen LogP contribution in [0.2, 0.25) is 0 Å². The Balaban J connectivity index is 2.06. The maximum atomic E-state index is 5.85. The number of fused-ring (bicyclic) bond motifs is 1. The molecule has 0 aromatic carbocycles. The second-order valence-electron chi connectivity index (χ2n) is 6.48. The van der Waals surface area contributed by atoms with E-state index >= 15 is 0 Å². The van der Waals surface area contributed by atoms with Crippen LogP contribution in [0.4, 0.5) is 0 Å². The Morgan fingerprint density at radius 2 is 2.08 bits per heavy atom. The van der Waals surface area contributed by atoms with E-state index in [1.165, 1.54) is 19.3 Å². The molecule has 0 radical (unpaired) electrons. The summed E-state index contributed by atoms with van der Waals surface area (Å²) in [6, 6.07) is 2.15. The van der Waals surface area contributed by atoms with Crippen LogP contribution in [0.1, 0.15) is 43.4 Å². The van der Waals surface area contributed by atoms with Gasteiger partial charge >= 0.3 is 0 Å². The van der Waals surface area contributed by atoms with Gasteiger partial charge in [0.15, 0.2) is 5.65 Å². The van der Waals surface area contributed by atoms with E-state index in [9.17, 15) is 0 Å². The van der Waals surface area contributed by atoms with Crippen molar-refractivity contribution in [3.63, 3.8) is 0 Å². The molecule has 3 aromatic heterocycles. The van der Waals surface area contributed by atoms with Crippen molar-refractivity contribution in [1.29, 1.82) is 0 Å². The van der Waals surface area contributed by atoms with Gasteiger partial charge in [-0.15, -0.1) is 0 Å². The molecule has 0 saturated heterocycles. The first-order valence-corrected chi connectivity index (χ1v) is 8.58. The summed E-state index contributed by atoms with van der Waals surface area (Å²) in [4.78, 5) is 9.34. The molecule has 1 aliphatic carbocycles. The van der Waals surface area contributed by atoms with E-state index in [0.717, 1.165) is 45.7 Å². The maximum absolute atomic E-state index is 5.85. The molecule has 0 atom stereocenters. The van der Waals surface area contributed by atoms with Gasteiger partial charge in [0.05, 0.1) is 24.4 Å². The highest BCUT2D eigenvalue weighted by molar-refractivity contribution is 5.96. The van der Waals surface area contributed by atoms with Crippen molar-refractivity contribution in [2.75, 3.05) is 7.11 Å². The van der Waals surface area contributed by atoms with E-state index in [4.69, 9.17) is 9.72 Å². The van der Waals surface area contributed by atoms with Crippen molar-refractivity contribution in [2.24, 2.45) is 0 Å². The van der Waals surface area contributed by atoms with E-state index in [1.807, 2.05) is 23.3 Å². The second-order valence-corrected chi connectivity index (χ2v) is 6.48. The Morgan fingerprint density at radius 3 is 2.71 bits per heavy atom. The van der Waals surface area contributed by atoms with Gasteiger partial charge in [0.25, 0.3) is 0 Å². The van der Waals surface area contributed by atoms with Crippen molar-refractivity contribution in [3.05, 3.63) is 35.9 Å². The summed E-state index contributed by atoms with van der Waals surface area (Å²) in [5.74, 6) is 1.37. The number of aryl methyl sites for hydroxylation is 2. The van der Waals surface area contributed by atoms with Gasteiger partial charge in [-0.1, -0.05) is 6.42 Å². The van der Waals surface area contributed by atoms with Crippen LogP contribution in [-0.2, 0) is 6.54 Å². The maximum Gasteiger partial charge on any atom is 0.158 e. The first kappa shape index (κ1) is 15.1. The lowest BCUT2D eigenvalue weighted by Crippen LogP contribution is -2.13. The molecule has 1 aliphatic rings. The zero-order valence-corrected chi connectivity index (χ0v) is 14.4. The molecule has 0 aliphatic heterocycles. The van der Waals surface area contributed by atoms with Gasteiger partial charge in [-0.25, -0.2) is 9.67 Å². The number of aromatic nitrogens is 4. The quantitative estimate of drug-likeness (QED) is 0.726. The molecule has 1 saturated carbocycles. The van der Waals surface area contributed by atoms with Crippen molar-refractivity contribution in [3.8, 4) is 16.9 Å². The SMILES string of the molecule is CCn1ncc2c(-c3cncc(C)c3)c(OC)c(C3CCC3)nc21. The highest BCUT2D eigenvalue weighted by Crippen LogP contribution is 2.46. The fourth-order valence-corrected chi connectivity index (χ4v) is 3.46. The van der Waals surface area contributed by atoms with Crippen LogP contribution in [0.15, 0.2) is 24.7 Å². The molecule has 5 heteroatoms. The average Bonchev–Trinajstić information content (AvgIpc) is 2.94. The molecule has 0 bridgehead atoms. The number of nitrogens with zero attached hydrogens (tertiary/aromatic N) is 4. The molecule has 0 spiro atoms. The van der Waals surface area contributed by atoms with Crippen molar-refractivity contribution >= 4 is 11.0 Å². The van der Waals surface area contributed by atoms with E-state index in [2.05, 4.69) is 30.0 Å². The van der Waals surface area contributed by atoms with Gasteiger partial charge in [0.2, 0.25) is 0 Å². The Hall–Kier alpha value is -2.43. The highest BCUT2D eigenvalue weighted by Gasteiger charge is 2.29. The molecule has 0 N–H and O–H groups in total. The number of ether oxygens (including phenoxy) is 1. The zero-order valence-electron chi connectivity index (χ0n) is 14.4. The van der Waals surface area contributed by atoms with Crippen LogP contribution >= 0.6 is 0 Å². The highest BCUT2D eigenvalue weighted by atomic mass is 16.5. The zero-order chi connectivity index (χ0) is 16.7. The van der Waals surface area contributed by atoms with E-state index in [-0.39, 0.29) is 0 Å². The van der Waals surface area contributed by atoms with Gasteiger partial charge in [-0.3, -0.25) is 4.98 Å². The molecular formula is C19H22N4O. The summed E-state index contributed by atoms with van der Waals surface area (Å²) >= 11 is 0. The lowest BCUT2D eigenvalue weighted by atomic mass is 9.81. The van der Waals surface area contributed by atoms with Gasteiger partial charge < -0.3 is 4.74 Å². The van der Waals surface area contributed by atoms with Gasteiger partial charge in [-0.2, -0.15) is 5.10 Å². The van der Waals surface area contributed by atoms with Gasteiger partial charge in [-0.05, 0) is 38.3 Å². The van der Waals surface area contributed by atoms with Crippen molar-refractivity contribution in [2.45, 2.75) is 45.6 Å². The average molecular weight is 322 g/mol. The molecule has 124 valence electrons. The van der Waals surface area contributed by atoms with Crippen LogP contribution in [0.25, 0.3) is 22.2 Å². The Labute approximate surface area is 141 Å². The van der Waals surface area contributed by atoms with Crippen LogP contribution in [0, 0.1) is 6.92 Å². The molecule has 1 fully saturated rings. The van der Waals surface area contributed by atoms with Gasteiger partial charge in [0.1, 0.15) is 5.75 Å². The lowest BCUT2D eigenvalue weighted by Gasteiger charge is -2.27. The number of methoxy groups -OCH3 is 1. The third-order valence-corrected chi connectivity index (χ3v) is 4.93. The molecular weight excluding hydrogens is 300 g/mol. The molecule has 24 heavy (non-hydrogen) atoms. The standard InChI is InChI=1S/C19H22N4O/c1-4-23-19-15(11-21-23)16(14-8-12(2)9-20-10-14)18(24-3)17(22-19)13-6-5-7-13/h8-11,13H,4-7H2,1-3H3. The smallest absolute Gasteiger partial charge is 0.158 e. The van der Waals surface area contributed by atoms with E-state index < -0.39 is 0 Å². The third kappa shape index (κ3) is 2.27. The first-order chi connectivity index (χ1) is 11.7. The molecule has 0 unspecified atom stereocenters. The van der Waals surface area contributed by atoms with Crippen LogP contribution in [0.3, 0.4) is 0 Å². The first-order valence-electron chi connectivity index (χ1n) is 8.58. The predicted molar refractivity (Wildman–Crippen MR) is 94.3 cm³/mol. The molecule has 4 rings (SSSR count). The summed E-state index contributed by atoms with van der Waals surface area (Å²) < 4.78 is 7.81. The topological polar surface area (TPSA) is 52.8 Å². The minimum absolute atomic E-state index is 0.487. The molecule has 3 aromatic rings. The van der Waals surface area contributed by atoms with Gasteiger partial charge in [0, 0.05) is 36.0 Å². The summed E-state index contributed by atoms with van der Waals surface area (Å²) in [6.07, 6.45) is 9.30. The minimum Gasteiger partial charge on any atom is -0.494 e. The summed E-state index contributed by atoms with van der Waals surface area (Å²) in [5, 5.41) is 5.55. The summed E-state index contributed by atoms with van der Waals surface area (Å²) in [7, 11) is 1.74. The summed E-state index contributed by atoms with van der Waals surface area (Å²) in [6.45, 7) is 4.96. The monoisotopic (exact) mass is 322 g/mol. The number of hydrogen-bond donors (Lipinski definition) is 0. The fraction of sp³-hybridized carbons (Fsp3) is 0.421. The van der Waals surface area contributed by atoms with Crippen LogP contribution in [-0.4, -0.2) is 26.9 Å². The fourth-order valence-electron chi connectivity index (χ4n) is 3.46. The second kappa shape index (κ2) is 5.89. The number of pyridine rings is 2. The lowest BCUT2D eigenvalue weighted by molar-refractivity contribution is 0.367. The normalized spacial score (nSPS) is 14.8. The Bertz CT molecular complexity index is 896. The largest absolute Gasteiger partial charge is 0.494 e. The summed E-state index contributed by atoms with van der Waals surface area (Å²) in [5.41, 5.74) is 5.28. The van der Waals surface area contributed by atoms with E-state index in [0.29, 0.717) is 5.92 Å². The predicted octanol–water partition coefficient (Wildman–Crippen LogP) is 4.10. The minimum atomic E-state index is 0.487. The number of rotatable bonds is 4. The Morgan fingerprint density at radius 1 is 1.25 bits per heavy atom. The van der Waals surface area contributed by atoms with E-state index in [1.54, 1.807) is 7.11 Å². The third-order valence-electron chi connectivity index (χ3n) is 4.93. The van der Waals surface area contributed by atoms with Crippen molar-refractivity contribution in [1.82, 2.24) is 19.7 Å². The molecule has 5 nitrogen and oxygen atoms in total. The van der Waals surface area contributed by atoms with Crippen molar-refractivity contribution < 1.29 is 4.74 Å². The Kier molecular flexibility index (Phi) is 3.71. The number of hydrogen-bond acceptors (Lipinski definition) is 4.